The predicted molar refractivity (Wildman–Crippen MR) is 321 cm³/mol. The number of carboxylic acids is 1. The molecule has 3 aliphatic rings. The quantitative estimate of drug-likeness (QED) is 0.0377. The number of hydrogen-bond donors (Lipinski definition) is 5. The van der Waals surface area contributed by atoms with Gasteiger partial charge < -0.3 is 35.4 Å². The first-order valence-corrected chi connectivity index (χ1v) is 30.5. The number of carboxylic acid groups (broad SMARTS) is 1. The highest BCUT2D eigenvalue weighted by molar-refractivity contribution is 8.00. The van der Waals surface area contributed by atoms with Crippen LogP contribution in [0.4, 0.5) is 15.3 Å². The van der Waals surface area contributed by atoms with Crippen LogP contribution >= 0.6 is 34.4 Å². The monoisotopic (exact) mass is 1170 g/mol. The van der Waals surface area contributed by atoms with E-state index in [1.807, 2.05) is 118 Å². The number of aromatic carboxylic acids is 1. The number of para-hydroxylation sites is 1. The number of aliphatic hydroxyl groups excluding tert-OH is 1. The summed E-state index contributed by atoms with van der Waals surface area (Å²) in [6.07, 6.45) is 4.24. The smallest absolute Gasteiger partial charge is 0.355 e. The number of likely N-dealkylation sites (tertiary alicyclic amines) is 1. The predicted octanol–water partition coefficient (Wildman–Crippen LogP) is 10.7. The number of carbonyl (C=O) groups is 5. The maximum absolute atomic E-state index is 15.2. The Hall–Kier alpha value is -7.26. The van der Waals surface area contributed by atoms with E-state index in [0.717, 1.165) is 80.7 Å². The summed E-state index contributed by atoms with van der Waals surface area (Å²) in [4.78, 5) is 86.0. The molecule has 2 fully saturated rings. The van der Waals surface area contributed by atoms with Crippen LogP contribution in [0, 0.1) is 13.8 Å². The summed E-state index contributed by atoms with van der Waals surface area (Å²) in [5.41, 5.74) is 7.77. The van der Waals surface area contributed by atoms with Crippen molar-refractivity contribution >= 4 is 85.2 Å². The van der Waals surface area contributed by atoms with Gasteiger partial charge in [0, 0.05) is 48.5 Å². The van der Waals surface area contributed by atoms with Crippen molar-refractivity contribution in [2.45, 2.75) is 127 Å². The molecule has 0 bridgehead atoms. The number of unbranched alkanes of at least 4 members (excludes halogenated alkanes) is 4. The highest BCUT2D eigenvalue weighted by Crippen LogP contribution is 2.42. The lowest BCUT2D eigenvalue weighted by Crippen LogP contribution is -2.61. The van der Waals surface area contributed by atoms with Crippen LogP contribution in [0.1, 0.15) is 114 Å². The molecule has 1 saturated carbocycles. The molecule has 16 nitrogen and oxygen atoms in total. The van der Waals surface area contributed by atoms with E-state index in [1.165, 1.54) is 28.0 Å². The van der Waals surface area contributed by atoms with Crippen LogP contribution < -0.4 is 25.6 Å². The number of aryl methyl sites for hydroxylation is 1. The Labute approximate surface area is 488 Å². The molecule has 4 aromatic carbocycles. The first kappa shape index (κ1) is 58.0. The van der Waals surface area contributed by atoms with Gasteiger partial charge in [0.1, 0.15) is 23.7 Å². The molecule has 1 saturated heterocycles. The minimum absolute atomic E-state index is 0.0381. The van der Waals surface area contributed by atoms with Crippen LogP contribution in [0.15, 0.2) is 103 Å². The Bertz CT molecular complexity index is 3480. The van der Waals surface area contributed by atoms with Gasteiger partial charge >= 0.3 is 5.97 Å². The molecule has 0 unspecified atom stereocenters. The largest absolute Gasteiger partial charge is 0.493 e. The number of rotatable bonds is 23. The van der Waals surface area contributed by atoms with Crippen LogP contribution in [0.2, 0.25) is 0 Å². The Morgan fingerprint density at radius 1 is 0.902 bits per heavy atom. The lowest BCUT2D eigenvalue weighted by molar-refractivity contribution is -0.143. The van der Waals surface area contributed by atoms with Crippen LogP contribution in [0.25, 0.3) is 31.8 Å². The number of nitrogens with one attached hydrogen (secondary N) is 3. The SMILES string of the molecule is Cc1ncsc1-c1ccc(CNC(=O)[C@@H]2C[C@@H](O)CN2C(=O)[C@@H](NC(=O)C2(F)CC2)C(C)(C)SCCCCCCCOc2cccc(-c3ccc(N4CCc5cccc(C(=O)Nc6nc7ccccc7s6)c5C4)nc3C(=O)O)c2C)cc1. The first-order valence-electron chi connectivity index (χ1n) is 27.9. The highest BCUT2D eigenvalue weighted by atomic mass is 32.2. The normalized spacial score (nSPS) is 16.8. The summed E-state index contributed by atoms with van der Waals surface area (Å²) >= 11 is 4.48. The zero-order valence-corrected chi connectivity index (χ0v) is 48.8. The molecule has 5 N–H and O–H groups in total. The molecule has 2 aliphatic heterocycles. The fourth-order valence-electron chi connectivity index (χ4n) is 10.7. The van der Waals surface area contributed by atoms with E-state index < -0.39 is 52.3 Å². The van der Waals surface area contributed by atoms with Gasteiger partial charge in [0.25, 0.3) is 11.8 Å². The maximum Gasteiger partial charge on any atom is 0.355 e. The Balaban J connectivity index is 0.698. The van der Waals surface area contributed by atoms with Gasteiger partial charge in [-0.15, -0.1) is 11.3 Å². The number of benzene rings is 4. The summed E-state index contributed by atoms with van der Waals surface area (Å²) in [5.74, 6) is -1.38. The van der Waals surface area contributed by atoms with Crippen LogP contribution in [-0.2, 0) is 33.9 Å². The summed E-state index contributed by atoms with van der Waals surface area (Å²) in [6, 6.07) is 28.3. The molecule has 4 amide bonds. The third-order valence-corrected chi connectivity index (χ3v) is 19.0. The molecule has 428 valence electrons. The number of pyridine rings is 1. The van der Waals surface area contributed by atoms with Crippen LogP contribution in [0.5, 0.6) is 5.75 Å². The lowest BCUT2D eigenvalue weighted by atomic mass is 9.94. The topological polar surface area (TPSA) is 216 Å². The number of alkyl halides is 1. The van der Waals surface area contributed by atoms with Gasteiger partial charge in [0.2, 0.25) is 11.8 Å². The second-order valence-electron chi connectivity index (χ2n) is 21.9. The van der Waals surface area contributed by atoms with Crippen molar-refractivity contribution in [2.75, 3.05) is 35.7 Å². The van der Waals surface area contributed by atoms with Crippen LogP contribution in [0.3, 0.4) is 0 Å². The van der Waals surface area contributed by atoms with E-state index in [0.29, 0.717) is 65.3 Å². The minimum atomic E-state index is -2.02. The van der Waals surface area contributed by atoms with Crippen molar-refractivity contribution in [2.24, 2.45) is 0 Å². The molecule has 5 heterocycles. The van der Waals surface area contributed by atoms with E-state index in [4.69, 9.17) is 9.72 Å². The number of thioether (sulfide) groups is 1. The van der Waals surface area contributed by atoms with Gasteiger partial charge in [-0.2, -0.15) is 11.8 Å². The number of aromatic nitrogens is 3. The Morgan fingerprint density at radius 3 is 2.43 bits per heavy atom. The molecule has 10 rings (SSSR count). The van der Waals surface area contributed by atoms with Crippen molar-refractivity contribution in [3.05, 3.63) is 142 Å². The van der Waals surface area contributed by atoms with E-state index in [9.17, 15) is 34.2 Å². The fraction of sp³-hybridized carbons (Fsp3) is 0.387. The number of halogens is 1. The summed E-state index contributed by atoms with van der Waals surface area (Å²) < 4.78 is 21.5. The summed E-state index contributed by atoms with van der Waals surface area (Å²) in [5, 5.41) is 30.5. The molecular formula is C62H67FN8O8S3. The number of thiazole rings is 2. The lowest BCUT2D eigenvalue weighted by Gasteiger charge is -2.37. The number of amides is 4. The summed E-state index contributed by atoms with van der Waals surface area (Å²) in [6.45, 7) is 9.11. The number of aliphatic hydroxyl groups is 1. The number of nitrogens with zero attached hydrogens (tertiary/aromatic N) is 5. The van der Waals surface area contributed by atoms with Gasteiger partial charge in [-0.1, -0.05) is 91.3 Å². The summed E-state index contributed by atoms with van der Waals surface area (Å²) in [7, 11) is 0. The molecule has 0 radical (unpaired) electrons. The molecule has 3 atom stereocenters. The van der Waals surface area contributed by atoms with E-state index >= 15 is 4.39 Å². The fourth-order valence-corrected chi connectivity index (χ4v) is 13.6. The molecule has 0 spiro atoms. The van der Waals surface area contributed by atoms with Gasteiger partial charge in [-0.05, 0) is 135 Å². The molecule has 7 aromatic rings. The zero-order chi connectivity index (χ0) is 57.7. The number of carbonyl (C=O) groups excluding carboxylic acids is 4. The van der Waals surface area contributed by atoms with Crippen molar-refractivity contribution in [1.82, 2.24) is 30.5 Å². The molecule has 1 aliphatic carbocycles. The first-order chi connectivity index (χ1) is 39.5. The average Bonchev–Trinajstić information content (AvgIpc) is 3.92. The Kier molecular flexibility index (Phi) is 17.7. The van der Waals surface area contributed by atoms with Gasteiger partial charge in [0.15, 0.2) is 16.5 Å². The standard InChI is InChI=1S/C62H67FN8O8S3/c1-37-43(44-24-25-51(67-52(44)58(76)77)70-29-26-40-14-12-16-45(46(40)35-70)55(73)69-60-66-47-17-8-9-19-50(47)82-60)15-13-18-49(37)79-30-10-6-5-7-11-31-81-61(3,4)54(68-59(78)62(63)27-28-62)57(75)71-34-42(72)32-48(71)56(74)64-33-39-20-22-41(23-21-39)53-38(2)65-36-80-53/h8-9,12-25,36,42,48,54,72H,5-7,10-11,26-35H2,1-4H3,(H,64,74)(H,68,78)(H,76,77)(H,66,69,73)/t42-,48+,54-/m1/s1. The average molecular weight is 1170 g/mol. The number of fused-ring (bicyclic) bond motifs is 2. The number of hydrogen-bond acceptors (Lipinski definition) is 14. The number of β-amino-alcohol motifs (C(OH)–C–C–N with tert-alkyl or cyclic N) is 1. The highest BCUT2D eigenvalue weighted by Gasteiger charge is 2.54. The number of ether oxygens (including phenoxy) is 1. The zero-order valence-electron chi connectivity index (χ0n) is 46.3. The van der Waals surface area contributed by atoms with Crippen LogP contribution in [-0.4, -0.2) is 114 Å². The van der Waals surface area contributed by atoms with Crippen molar-refractivity contribution in [3.63, 3.8) is 0 Å². The van der Waals surface area contributed by atoms with E-state index in [-0.39, 0.29) is 44.0 Å². The molecular weight excluding hydrogens is 1100 g/mol. The third kappa shape index (κ3) is 13.1. The molecule has 20 heteroatoms. The van der Waals surface area contributed by atoms with Gasteiger partial charge in [0.05, 0.1) is 39.0 Å². The van der Waals surface area contributed by atoms with Crippen molar-refractivity contribution in [1.29, 1.82) is 0 Å². The van der Waals surface area contributed by atoms with Gasteiger partial charge in [-0.25, -0.2) is 24.1 Å². The second-order valence-corrected chi connectivity index (χ2v) is 25.5. The molecule has 82 heavy (non-hydrogen) atoms. The second kappa shape index (κ2) is 25.1. The Morgan fingerprint density at radius 2 is 1.67 bits per heavy atom. The van der Waals surface area contributed by atoms with Gasteiger partial charge in [-0.3, -0.25) is 24.5 Å². The van der Waals surface area contributed by atoms with E-state index in [1.54, 1.807) is 29.0 Å². The molecule has 3 aromatic heterocycles. The maximum atomic E-state index is 15.2. The van der Waals surface area contributed by atoms with Crippen molar-refractivity contribution < 1.29 is 43.3 Å². The number of anilines is 2. The van der Waals surface area contributed by atoms with Crippen molar-refractivity contribution in [3.8, 4) is 27.3 Å². The van der Waals surface area contributed by atoms with E-state index in [2.05, 4.69) is 25.9 Å². The minimum Gasteiger partial charge on any atom is -0.493 e. The third-order valence-electron chi connectivity index (χ3n) is 15.6.